The molecule has 3 heterocycles. The number of aryl methyl sites for hydroxylation is 1. The van der Waals surface area contributed by atoms with E-state index in [2.05, 4.69) is 20.3 Å². The van der Waals surface area contributed by atoms with Crippen LogP contribution in [-0.2, 0) is 12.1 Å². The van der Waals surface area contributed by atoms with Crippen molar-refractivity contribution < 1.29 is 26.7 Å². The Bertz CT molecular complexity index is 828. The molecule has 0 amide bonds. The van der Waals surface area contributed by atoms with Crippen molar-refractivity contribution in [1.82, 2.24) is 20.3 Å². The third-order valence-corrected chi connectivity index (χ3v) is 4.47. The zero-order valence-electron chi connectivity index (χ0n) is 15.5. The first-order chi connectivity index (χ1) is 13.2. The van der Waals surface area contributed by atoms with E-state index in [1.807, 2.05) is 0 Å². The van der Waals surface area contributed by atoms with Crippen LogP contribution in [0.1, 0.15) is 41.5 Å². The van der Waals surface area contributed by atoms with E-state index in [1.54, 1.807) is 6.92 Å². The van der Waals surface area contributed by atoms with Gasteiger partial charge in [-0.05, 0) is 38.9 Å². The minimum atomic E-state index is -4.69. The Morgan fingerprint density at radius 1 is 1.10 bits per heavy atom. The molecular formula is C18H20ClF5N4O. The lowest BCUT2D eigenvalue weighted by Crippen LogP contribution is -2.31. The highest BCUT2D eigenvalue weighted by atomic mass is 35.5. The predicted molar refractivity (Wildman–Crippen MR) is 97.5 cm³/mol. The summed E-state index contributed by atoms with van der Waals surface area (Å²) in [6.07, 6.45) is -2.29. The van der Waals surface area contributed by atoms with E-state index in [-0.39, 0.29) is 29.6 Å². The van der Waals surface area contributed by atoms with Gasteiger partial charge in [-0.1, -0.05) is 6.07 Å². The summed E-state index contributed by atoms with van der Waals surface area (Å²) in [6.45, 7) is 1.86. The predicted octanol–water partition coefficient (Wildman–Crippen LogP) is 4.26. The van der Waals surface area contributed by atoms with Crippen molar-refractivity contribution >= 4 is 12.4 Å². The van der Waals surface area contributed by atoms with Crippen LogP contribution in [0, 0.1) is 6.92 Å². The van der Waals surface area contributed by atoms with Crippen LogP contribution in [0.25, 0.3) is 0 Å². The molecule has 0 radical (unpaired) electrons. The highest BCUT2D eigenvalue weighted by molar-refractivity contribution is 5.85. The third kappa shape index (κ3) is 5.72. The Morgan fingerprint density at radius 3 is 2.45 bits per heavy atom. The van der Waals surface area contributed by atoms with Crippen molar-refractivity contribution in [1.29, 1.82) is 0 Å². The lowest BCUT2D eigenvalue weighted by atomic mass is 9.90. The number of piperidine rings is 1. The number of halogens is 6. The van der Waals surface area contributed by atoms with E-state index < -0.39 is 30.3 Å². The number of pyridine rings is 1. The van der Waals surface area contributed by atoms with Gasteiger partial charge in [0, 0.05) is 18.2 Å². The molecule has 1 saturated heterocycles. The van der Waals surface area contributed by atoms with Gasteiger partial charge in [0.05, 0.1) is 11.3 Å². The van der Waals surface area contributed by atoms with Gasteiger partial charge in [0.2, 0.25) is 5.88 Å². The fourth-order valence-electron chi connectivity index (χ4n) is 3.07. The molecule has 2 aromatic heterocycles. The second-order valence-corrected chi connectivity index (χ2v) is 6.59. The Morgan fingerprint density at radius 2 is 1.79 bits per heavy atom. The Labute approximate surface area is 170 Å². The first-order valence-electron chi connectivity index (χ1n) is 8.76. The molecule has 0 bridgehead atoms. The smallest absolute Gasteiger partial charge is 0.433 e. The lowest BCUT2D eigenvalue weighted by Gasteiger charge is -2.27. The average molecular weight is 439 g/mol. The second-order valence-electron chi connectivity index (χ2n) is 6.59. The molecule has 0 spiro atoms. The summed E-state index contributed by atoms with van der Waals surface area (Å²) in [7, 11) is 0. The van der Waals surface area contributed by atoms with Crippen LogP contribution in [0.2, 0.25) is 0 Å². The van der Waals surface area contributed by atoms with Crippen LogP contribution in [0.4, 0.5) is 22.0 Å². The number of hydrogen-bond donors (Lipinski definition) is 1. The quantitative estimate of drug-likeness (QED) is 0.707. The highest BCUT2D eigenvalue weighted by Gasteiger charge is 2.39. The van der Waals surface area contributed by atoms with E-state index in [1.165, 1.54) is 0 Å². The minimum absolute atomic E-state index is 0. The average Bonchev–Trinajstić information content (AvgIpc) is 2.66. The fourth-order valence-corrected chi connectivity index (χ4v) is 3.07. The molecule has 29 heavy (non-hydrogen) atoms. The van der Waals surface area contributed by atoms with Crippen molar-refractivity contribution in [3.05, 3.63) is 47.2 Å². The third-order valence-electron chi connectivity index (χ3n) is 4.47. The molecule has 0 aliphatic carbocycles. The van der Waals surface area contributed by atoms with Crippen LogP contribution < -0.4 is 10.1 Å². The summed E-state index contributed by atoms with van der Waals surface area (Å²) in [4.78, 5) is 11.3. The molecule has 11 heteroatoms. The summed E-state index contributed by atoms with van der Waals surface area (Å²) in [5.41, 5.74) is -1.31. The van der Waals surface area contributed by atoms with Gasteiger partial charge in [-0.2, -0.15) is 22.0 Å². The Balaban J connectivity index is 0.00000300. The molecule has 1 aliphatic rings. The number of alkyl halides is 5. The van der Waals surface area contributed by atoms with Gasteiger partial charge in [0.15, 0.2) is 6.61 Å². The zero-order chi connectivity index (χ0) is 20.4. The second kappa shape index (κ2) is 9.17. The standard InChI is InChI=1S/C18H19F5N4O.ClH/c1-11-25-9-13(16(26-11)12-5-7-24-8-6-12)17(19,20)10-28-15-4-2-3-14(27-15)18(21,22)23;/h2-4,9,12,24H,5-8,10H2,1H3;1H. The minimum Gasteiger partial charge on any atom is -0.471 e. The number of hydrogen-bond acceptors (Lipinski definition) is 5. The van der Waals surface area contributed by atoms with E-state index >= 15 is 0 Å². The molecule has 0 atom stereocenters. The van der Waals surface area contributed by atoms with Crippen molar-refractivity contribution in [2.45, 2.75) is 37.8 Å². The maximum atomic E-state index is 14.9. The molecule has 0 unspecified atom stereocenters. The summed E-state index contributed by atoms with van der Waals surface area (Å²) in [5.74, 6) is -3.76. The number of nitrogens with zero attached hydrogens (tertiary/aromatic N) is 3. The SMILES string of the molecule is Cc1ncc(C(F)(F)COc2cccc(C(F)(F)F)n2)c(C2CCNCC2)n1.Cl. The Kier molecular flexibility index (Phi) is 7.34. The van der Waals surface area contributed by atoms with Crippen LogP contribution in [0.5, 0.6) is 5.88 Å². The maximum Gasteiger partial charge on any atom is 0.433 e. The fraction of sp³-hybridized carbons (Fsp3) is 0.500. The molecule has 2 aromatic rings. The van der Waals surface area contributed by atoms with Crippen LogP contribution in [-0.4, -0.2) is 34.6 Å². The summed E-state index contributed by atoms with van der Waals surface area (Å²) >= 11 is 0. The van der Waals surface area contributed by atoms with Crippen LogP contribution in [0.3, 0.4) is 0 Å². The van der Waals surface area contributed by atoms with Crippen LogP contribution in [0.15, 0.2) is 24.4 Å². The molecule has 0 saturated carbocycles. The normalized spacial score (nSPS) is 15.7. The van der Waals surface area contributed by atoms with Crippen LogP contribution >= 0.6 is 12.4 Å². The van der Waals surface area contributed by atoms with Crippen molar-refractivity contribution in [3.8, 4) is 5.88 Å². The van der Waals surface area contributed by atoms with Crippen molar-refractivity contribution in [2.24, 2.45) is 0 Å². The maximum absolute atomic E-state index is 14.9. The van der Waals surface area contributed by atoms with Gasteiger partial charge >= 0.3 is 12.1 Å². The number of aromatic nitrogens is 3. The van der Waals surface area contributed by atoms with Gasteiger partial charge in [-0.15, -0.1) is 12.4 Å². The molecule has 160 valence electrons. The number of nitrogens with one attached hydrogen (secondary N) is 1. The van der Waals surface area contributed by atoms with Gasteiger partial charge < -0.3 is 10.1 Å². The molecule has 1 aliphatic heterocycles. The van der Waals surface area contributed by atoms with E-state index in [9.17, 15) is 22.0 Å². The lowest BCUT2D eigenvalue weighted by molar-refractivity contribution is -0.141. The van der Waals surface area contributed by atoms with Gasteiger partial charge in [-0.3, -0.25) is 0 Å². The van der Waals surface area contributed by atoms with E-state index in [0.29, 0.717) is 31.8 Å². The highest BCUT2D eigenvalue weighted by Crippen LogP contribution is 2.36. The number of rotatable bonds is 5. The first-order valence-corrected chi connectivity index (χ1v) is 8.76. The molecule has 1 fully saturated rings. The van der Waals surface area contributed by atoms with Crippen molar-refractivity contribution in [3.63, 3.8) is 0 Å². The zero-order valence-corrected chi connectivity index (χ0v) is 16.3. The first kappa shape index (κ1) is 23.2. The van der Waals surface area contributed by atoms with Crippen molar-refractivity contribution in [2.75, 3.05) is 19.7 Å². The largest absolute Gasteiger partial charge is 0.471 e. The summed E-state index contributed by atoms with van der Waals surface area (Å²) in [5, 5.41) is 3.17. The number of ether oxygens (including phenoxy) is 1. The summed E-state index contributed by atoms with van der Waals surface area (Å²) in [6, 6.07) is 2.90. The van der Waals surface area contributed by atoms with E-state index in [0.717, 1.165) is 24.4 Å². The van der Waals surface area contributed by atoms with E-state index in [4.69, 9.17) is 4.74 Å². The molecule has 1 N–H and O–H groups in total. The summed E-state index contributed by atoms with van der Waals surface area (Å²) < 4.78 is 72.8. The molecular weight excluding hydrogens is 419 g/mol. The van der Waals surface area contributed by atoms with Gasteiger partial charge in [0.25, 0.3) is 0 Å². The van der Waals surface area contributed by atoms with Gasteiger partial charge in [0.1, 0.15) is 11.5 Å². The molecule has 3 rings (SSSR count). The Hall–Kier alpha value is -2.07. The molecule has 5 nitrogen and oxygen atoms in total. The molecule has 0 aromatic carbocycles. The monoisotopic (exact) mass is 438 g/mol. The topological polar surface area (TPSA) is 59.9 Å². The van der Waals surface area contributed by atoms with Gasteiger partial charge in [-0.25, -0.2) is 15.0 Å².